The van der Waals surface area contributed by atoms with E-state index in [4.69, 9.17) is 9.47 Å². The molecule has 0 saturated heterocycles. The first kappa shape index (κ1) is 18.0. The first-order valence-corrected chi connectivity index (χ1v) is 7.93. The SMILES string of the molecule is CC1CC(C)OC(=O)c2c(O)cc(O)cc2CC(=O)/C=C/CCO1. The van der Waals surface area contributed by atoms with E-state index in [1.54, 1.807) is 13.0 Å². The van der Waals surface area contributed by atoms with Gasteiger partial charge < -0.3 is 19.7 Å². The van der Waals surface area contributed by atoms with Crippen LogP contribution in [0.4, 0.5) is 0 Å². The van der Waals surface area contributed by atoms with Crippen LogP contribution in [0.5, 0.6) is 11.5 Å². The van der Waals surface area contributed by atoms with Crippen LogP contribution < -0.4 is 0 Å². The maximum Gasteiger partial charge on any atom is 0.342 e. The predicted molar refractivity (Wildman–Crippen MR) is 87.1 cm³/mol. The topological polar surface area (TPSA) is 93.1 Å². The Morgan fingerprint density at radius 3 is 2.62 bits per heavy atom. The van der Waals surface area contributed by atoms with Crippen molar-refractivity contribution < 1.29 is 29.3 Å². The van der Waals surface area contributed by atoms with Crippen LogP contribution in [-0.4, -0.2) is 40.8 Å². The summed E-state index contributed by atoms with van der Waals surface area (Å²) in [5.41, 5.74) is 0.146. The van der Waals surface area contributed by atoms with E-state index in [-0.39, 0.29) is 35.2 Å². The number of fused-ring (bicyclic) bond motifs is 1. The quantitative estimate of drug-likeness (QED) is 0.708. The highest BCUT2D eigenvalue weighted by molar-refractivity contribution is 5.98. The van der Waals surface area contributed by atoms with Crippen molar-refractivity contribution in [2.24, 2.45) is 0 Å². The zero-order valence-corrected chi connectivity index (χ0v) is 13.8. The second-order valence-electron chi connectivity index (χ2n) is 5.97. The number of esters is 1. The van der Waals surface area contributed by atoms with Gasteiger partial charge in [0.05, 0.1) is 12.7 Å². The van der Waals surface area contributed by atoms with Gasteiger partial charge in [-0.05, 0) is 38.0 Å². The third-order valence-electron chi connectivity index (χ3n) is 3.72. The normalized spacial score (nSPS) is 24.6. The van der Waals surface area contributed by atoms with Gasteiger partial charge in [0.15, 0.2) is 5.78 Å². The molecule has 2 rings (SSSR count). The van der Waals surface area contributed by atoms with Crippen LogP contribution in [0, 0.1) is 0 Å². The fourth-order valence-corrected chi connectivity index (χ4v) is 2.67. The predicted octanol–water partition coefficient (Wildman–Crippen LogP) is 2.51. The molecule has 130 valence electrons. The van der Waals surface area contributed by atoms with Gasteiger partial charge in [-0.1, -0.05) is 6.08 Å². The van der Waals surface area contributed by atoms with Crippen molar-refractivity contribution in [3.8, 4) is 11.5 Å². The summed E-state index contributed by atoms with van der Waals surface area (Å²) in [6.07, 6.45) is 3.61. The molecule has 0 aliphatic carbocycles. The third-order valence-corrected chi connectivity index (χ3v) is 3.72. The molecule has 0 amide bonds. The molecule has 0 bridgehead atoms. The van der Waals surface area contributed by atoms with Crippen LogP contribution in [0.1, 0.15) is 42.6 Å². The minimum absolute atomic E-state index is 0.0907. The molecule has 0 aromatic heterocycles. The first-order chi connectivity index (χ1) is 11.4. The summed E-state index contributed by atoms with van der Waals surface area (Å²) in [6, 6.07) is 2.35. The molecule has 2 atom stereocenters. The average Bonchev–Trinajstić information content (AvgIpc) is 2.44. The van der Waals surface area contributed by atoms with E-state index in [1.165, 1.54) is 12.1 Å². The minimum Gasteiger partial charge on any atom is -0.508 e. The molecule has 6 heteroatoms. The molecule has 1 aliphatic heterocycles. The van der Waals surface area contributed by atoms with Gasteiger partial charge in [0.25, 0.3) is 0 Å². The van der Waals surface area contributed by atoms with Crippen LogP contribution in [0.2, 0.25) is 0 Å². The molecule has 0 fully saturated rings. The largest absolute Gasteiger partial charge is 0.508 e. The minimum atomic E-state index is -0.726. The maximum atomic E-state index is 12.4. The lowest BCUT2D eigenvalue weighted by Crippen LogP contribution is -2.23. The lowest BCUT2D eigenvalue weighted by atomic mass is 10.00. The van der Waals surface area contributed by atoms with Crippen molar-refractivity contribution in [1.29, 1.82) is 0 Å². The van der Waals surface area contributed by atoms with E-state index in [0.717, 1.165) is 6.07 Å². The Hall–Kier alpha value is -2.34. The maximum absolute atomic E-state index is 12.4. The number of phenols is 2. The van der Waals surface area contributed by atoms with Crippen LogP contribution in [-0.2, 0) is 20.7 Å². The molecule has 0 spiro atoms. The van der Waals surface area contributed by atoms with Gasteiger partial charge in [-0.2, -0.15) is 0 Å². The van der Waals surface area contributed by atoms with Crippen molar-refractivity contribution in [3.05, 3.63) is 35.4 Å². The van der Waals surface area contributed by atoms with E-state index in [9.17, 15) is 19.8 Å². The summed E-state index contributed by atoms with van der Waals surface area (Å²) in [5.74, 6) is -1.59. The number of hydrogen-bond donors (Lipinski definition) is 2. The number of aromatic hydroxyl groups is 2. The Morgan fingerprint density at radius 1 is 1.12 bits per heavy atom. The van der Waals surface area contributed by atoms with Crippen LogP contribution in [0.15, 0.2) is 24.3 Å². The molecule has 0 radical (unpaired) electrons. The van der Waals surface area contributed by atoms with E-state index in [0.29, 0.717) is 19.4 Å². The third kappa shape index (κ3) is 4.83. The fourth-order valence-electron chi connectivity index (χ4n) is 2.67. The summed E-state index contributed by atoms with van der Waals surface area (Å²) in [6.45, 7) is 4.10. The van der Waals surface area contributed by atoms with Gasteiger partial charge in [-0.15, -0.1) is 0 Å². The number of rotatable bonds is 0. The van der Waals surface area contributed by atoms with Gasteiger partial charge in [-0.25, -0.2) is 4.79 Å². The van der Waals surface area contributed by atoms with E-state index >= 15 is 0 Å². The van der Waals surface area contributed by atoms with Crippen molar-refractivity contribution in [3.63, 3.8) is 0 Å². The summed E-state index contributed by atoms with van der Waals surface area (Å²) in [7, 11) is 0. The Balaban J connectivity index is 2.37. The fraction of sp³-hybridized carbons (Fsp3) is 0.444. The number of carbonyl (C=O) groups is 2. The van der Waals surface area contributed by atoms with E-state index < -0.39 is 17.8 Å². The molecule has 2 unspecified atom stereocenters. The highest BCUT2D eigenvalue weighted by Crippen LogP contribution is 2.29. The van der Waals surface area contributed by atoms with Crippen LogP contribution in [0.3, 0.4) is 0 Å². The number of ether oxygens (including phenoxy) is 2. The van der Waals surface area contributed by atoms with E-state index in [2.05, 4.69) is 0 Å². The smallest absolute Gasteiger partial charge is 0.342 e. The highest BCUT2D eigenvalue weighted by atomic mass is 16.5. The molecular formula is C18H22O6. The molecule has 24 heavy (non-hydrogen) atoms. The van der Waals surface area contributed by atoms with Crippen molar-refractivity contribution in [2.45, 2.75) is 45.3 Å². The van der Waals surface area contributed by atoms with Gasteiger partial charge in [0.2, 0.25) is 0 Å². The highest BCUT2D eigenvalue weighted by Gasteiger charge is 2.23. The van der Waals surface area contributed by atoms with Crippen molar-refractivity contribution >= 4 is 11.8 Å². The Morgan fingerprint density at radius 2 is 1.88 bits per heavy atom. The number of cyclic esters (lactones) is 1. The Kier molecular flexibility index (Phi) is 5.98. The second-order valence-corrected chi connectivity index (χ2v) is 5.97. The zero-order valence-electron chi connectivity index (χ0n) is 13.8. The standard InChI is InChI=1S/C18H22O6/c1-11-7-12(2)24-18(22)17-13(9-15(20)10-16(17)21)8-14(19)5-3-4-6-23-11/h3,5,9-12,20-21H,4,6-8H2,1-2H3/b5-3+. The van der Waals surface area contributed by atoms with Crippen LogP contribution >= 0.6 is 0 Å². The van der Waals surface area contributed by atoms with Crippen molar-refractivity contribution in [1.82, 2.24) is 0 Å². The summed E-state index contributed by atoms with van der Waals surface area (Å²) < 4.78 is 11.0. The average molecular weight is 334 g/mol. The Bertz CT molecular complexity index is 649. The van der Waals surface area contributed by atoms with Gasteiger partial charge in [-0.3, -0.25) is 4.79 Å². The number of benzene rings is 1. The Labute approximate surface area is 140 Å². The second kappa shape index (κ2) is 7.97. The molecule has 0 saturated carbocycles. The summed E-state index contributed by atoms with van der Waals surface area (Å²) in [5, 5.41) is 19.7. The molecule has 2 N–H and O–H groups in total. The number of allylic oxidation sites excluding steroid dienone is 1. The number of hydrogen-bond acceptors (Lipinski definition) is 6. The number of carbonyl (C=O) groups excluding carboxylic acids is 2. The lowest BCUT2D eigenvalue weighted by Gasteiger charge is -2.20. The van der Waals surface area contributed by atoms with E-state index in [1.807, 2.05) is 6.92 Å². The van der Waals surface area contributed by atoms with Gasteiger partial charge >= 0.3 is 5.97 Å². The van der Waals surface area contributed by atoms with Gasteiger partial charge in [0.1, 0.15) is 23.2 Å². The number of ketones is 1. The van der Waals surface area contributed by atoms with Gasteiger partial charge in [0, 0.05) is 18.9 Å². The monoisotopic (exact) mass is 334 g/mol. The molecule has 1 aromatic rings. The zero-order chi connectivity index (χ0) is 17.7. The summed E-state index contributed by atoms with van der Waals surface area (Å²) >= 11 is 0. The molecular weight excluding hydrogens is 312 g/mol. The first-order valence-electron chi connectivity index (χ1n) is 7.93. The number of phenolic OH excluding ortho intramolecular Hbond substituents is 2. The molecule has 1 heterocycles. The lowest BCUT2D eigenvalue weighted by molar-refractivity contribution is -0.114. The molecule has 1 aromatic carbocycles. The summed E-state index contributed by atoms with van der Waals surface area (Å²) in [4.78, 5) is 24.4. The van der Waals surface area contributed by atoms with Crippen molar-refractivity contribution in [2.75, 3.05) is 6.61 Å². The molecule has 1 aliphatic rings. The van der Waals surface area contributed by atoms with Crippen LogP contribution in [0.25, 0.3) is 0 Å². The molecule has 6 nitrogen and oxygen atoms in total.